The van der Waals surface area contributed by atoms with Gasteiger partial charge in [-0.1, -0.05) is 41.9 Å². The second-order valence-corrected chi connectivity index (χ2v) is 4.12. The maximum Gasteiger partial charge on any atom is 0.126 e. The standard InChI is InChI=1S/C13H13ClN2/c14-12-8-11(13(15)16-9-12)7-6-10-4-2-1-3-5-10/h1-5,8-9H,6-7H2,(H2,15,16). The van der Waals surface area contributed by atoms with E-state index in [2.05, 4.69) is 17.1 Å². The van der Waals surface area contributed by atoms with Gasteiger partial charge in [-0.15, -0.1) is 0 Å². The second kappa shape index (κ2) is 4.99. The lowest BCUT2D eigenvalue weighted by Crippen LogP contribution is -1.99. The van der Waals surface area contributed by atoms with E-state index in [1.807, 2.05) is 24.3 Å². The van der Waals surface area contributed by atoms with Gasteiger partial charge in [0.2, 0.25) is 0 Å². The minimum atomic E-state index is 0.570. The van der Waals surface area contributed by atoms with Crippen LogP contribution >= 0.6 is 11.6 Å². The molecule has 0 aliphatic carbocycles. The molecule has 0 aliphatic rings. The summed E-state index contributed by atoms with van der Waals surface area (Å²) >= 11 is 5.88. The van der Waals surface area contributed by atoms with E-state index in [-0.39, 0.29) is 0 Å². The monoisotopic (exact) mass is 232 g/mol. The summed E-state index contributed by atoms with van der Waals surface area (Å²) in [5, 5.41) is 0.636. The van der Waals surface area contributed by atoms with Crippen LogP contribution in [0.3, 0.4) is 0 Å². The molecule has 1 aromatic heterocycles. The Balaban J connectivity index is 2.08. The molecule has 82 valence electrons. The molecular weight excluding hydrogens is 220 g/mol. The normalized spacial score (nSPS) is 10.3. The number of nitrogen functional groups attached to an aromatic ring is 1. The fourth-order valence-corrected chi connectivity index (χ4v) is 1.80. The Bertz CT molecular complexity index is 469. The highest BCUT2D eigenvalue weighted by Crippen LogP contribution is 2.17. The highest BCUT2D eigenvalue weighted by Gasteiger charge is 2.02. The summed E-state index contributed by atoms with van der Waals surface area (Å²) in [6.45, 7) is 0. The number of pyridine rings is 1. The van der Waals surface area contributed by atoms with Crippen LogP contribution in [0.4, 0.5) is 5.82 Å². The molecule has 3 heteroatoms. The van der Waals surface area contributed by atoms with Crippen LogP contribution in [0.5, 0.6) is 0 Å². The molecule has 0 aliphatic heterocycles. The van der Waals surface area contributed by atoms with Crippen molar-refractivity contribution < 1.29 is 0 Å². The maximum atomic E-state index is 5.88. The molecule has 0 saturated heterocycles. The molecule has 0 spiro atoms. The molecule has 1 heterocycles. The summed E-state index contributed by atoms with van der Waals surface area (Å²) in [6.07, 6.45) is 3.39. The first-order chi connectivity index (χ1) is 7.75. The lowest BCUT2D eigenvalue weighted by Gasteiger charge is -2.05. The zero-order valence-corrected chi connectivity index (χ0v) is 9.61. The third-order valence-electron chi connectivity index (χ3n) is 2.49. The molecule has 0 atom stereocenters. The van der Waals surface area contributed by atoms with Gasteiger partial charge in [0.25, 0.3) is 0 Å². The number of rotatable bonds is 3. The Morgan fingerprint density at radius 3 is 2.62 bits per heavy atom. The van der Waals surface area contributed by atoms with Crippen LogP contribution < -0.4 is 5.73 Å². The van der Waals surface area contributed by atoms with Crippen molar-refractivity contribution in [2.45, 2.75) is 12.8 Å². The molecule has 0 saturated carbocycles. The predicted molar refractivity (Wildman–Crippen MR) is 67.5 cm³/mol. The van der Waals surface area contributed by atoms with E-state index in [1.54, 1.807) is 6.20 Å². The number of aromatic nitrogens is 1. The number of halogens is 1. The molecule has 0 bridgehead atoms. The predicted octanol–water partition coefficient (Wildman–Crippen LogP) is 3.10. The van der Waals surface area contributed by atoms with Crippen LogP contribution in [0, 0.1) is 0 Å². The lowest BCUT2D eigenvalue weighted by molar-refractivity contribution is 0.954. The molecule has 2 N–H and O–H groups in total. The van der Waals surface area contributed by atoms with Gasteiger partial charge >= 0.3 is 0 Å². The minimum absolute atomic E-state index is 0.570. The van der Waals surface area contributed by atoms with Crippen molar-refractivity contribution in [1.29, 1.82) is 0 Å². The van der Waals surface area contributed by atoms with Crippen LogP contribution in [0.25, 0.3) is 0 Å². The van der Waals surface area contributed by atoms with E-state index in [9.17, 15) is 0 Å². The van der Waals surface area contributed by atoms with Crippen molar-refractivity contribution in [3.63, 3.8) is 0 Å². The second-order valence-electron chi connectivity index (χ2n) is 3.68. The largest absolute Gasteiger partial charge is 0.383 e. The SMILES string of the molecule is Nc1ncc(Cl)cc1CCc1ccccc1. The van der Waals surface area contributed by atoms with E-state index in [0.717, 1.165) is 18.4 Å². The van der Waals surface area contributed by atoms with E-state index >= 15 is 0 Å². The van der Waals surface area contributed by atoms with Gasteiger partial charge in [-0.25, -0.2) is 4.98 Å². The quantitative estimate of drug-likeness (QED) is 0.883. The molecule has 2 rings (SSSR count). The smallest absolute Gasteiger partial charge is 0.126 e. The van der Waals surface area contributed by atoms with E-state index in [0.29, 0.717) is 10.8 Å². The summed E-state index contributed by atoms with van der Waals surface area (Å²) in [5.74, 6) is 0.570. The van der Waals surface area contributed by atoms with Crippen LogP contribution in [0.15, 0.2) is 42.6 Å². The Kier molecular flexibility index (Phi) is 3.42. The van der Waals surface area contributed by atoms with E-state index in [4.69, 9.17) is 17.3 Å². The summed E-state index contributed by atoms with van der Waals surface area (Å²) in [5.41, 5.74) is 8.09. The molecule has 16 heavy (non-hydrogen) atoms. The summed E-state index contributed by atoms with van der Waals surface area (Å²) < 4.78 is 0. The highest BCUT2D eigenvalue weighted by molar-refractivity contribution is 6.30. The summed E-state index contributed by atoms with van der Waals surface area (Å²) in [4.78, 5) is 4.04. The highest BCUT2D eigenvalue weighted by atomic mass is 35.5. The lowest BCUT2D eigenvalue weighted by atomic mass is 10.1. The zero-order chi connectivity index (χ0) is 11.4. The number of anilines is 1. The van der Waals surface area contributed by atoms with Crippen molar-refractivity contribution in [2.24, 2.45) is 0 Å². The number of nitrogens with two attached hydrogens (primary N) is 1. The van der Waals surface area contributed by atoms with Gasteiger partial charge in [0.05, 0.1) is 5.02 Å². The summed E-state index contributed by atoms with van der Waals surface area (Å²) in [7, 11) is 0. The van der Waals surface area contributed by atoms with Crippen LogP contribution in [-0.4, -0.2) is 4.98 Å². The van der Waals surface area contributed by atoms with Gasteiger partial charge in [0.15, 0.2) is 0 Å². The first kappa shape index (κ1) is 11.0. The van der Waals surface area contributed by atoms with Crippen LogP contribution in [0.1, 0.15) is 11.1 Å². The molecule has 1 aromatic carbocycles. The molecule has 0 amide bonds. The van der Waals surface area contributed by atoms with E-state index in [1.165, 1.54) is 5.56 Å². The van der Waals surface area contributed by atoms with Gasteiger partial charge in [-0.3, -0.25) is 0 Å². The molecule has 2 nitrogen and oxygen atoms in total. The van der Waals surface area contributed by atoms with Gasteiger partial charge in [-0.05, 0) is 30.0 Å². The van der Waals surface area contributed by atoms with Crippen molar-refractivity contribution >= 4 is 17.4 Å². The molecule has 0 radical (unpaired) electrons. The first-order valence-electron chi connectivity index (χ1n) is 5.19. The first-order valence-corrected chi connectivity index (χ1v) is 5.57. The zero-order valence-electron chi connectivity index (χ0n) is 8.86. The number of hydrogen-bond acceptors (Lipinski definition) is 2. The maximum absolute atomic E-state index is 5.88. The minimum Gasteiger partial charge on any atom is -0.383 e. The van der Waals surface area contributed by atoms with Gasteiger partial charge in [0, 0.05) is 6.20 Å². The van der Waals surface area contributed by atoms with Gasteiger partial charge < -0.3 is 5.73 Å². The van der Waals surface area contributed by atoms with Crippen LogP contribution in [-0.2, 0) is 12.8 Å². The third-order valence-corrected chi connectivity index (χ3v) is 2.70. The number of benzene rings is 1. The fraction of sp³-hybridized carbons (Fsp3) is 0.154. The Morgan fingerprint density at radius 2 is 1.88 bits per heavy atom. The van der Waals surface area contributed by atoms with Crippen molar-refractivity contribution in [2.75, 3.05) is 5.73 Å². The molecule has 0 unspecified atom stereocenters. The van der Waals surface area contributed by atoms with E-state index < -0.39 is 0 Å². The van der Waals surface area contributed by atoms with Gasteiger partial charge in [-0.2, -0.15) is 0 Å². The van der Waals surface area contributed by atoms with Gasteiger partial charge in [0.1, 0.15) is 5.82 Å². The Hall–Kier alpha value is -1.54. The molecule has 0 fully saturated rings. The van der Waals surface area contributed by atoms with Crippen molar-refractivity contribution in [3.05, 3.63) is 58.7 Å². The third kappa shape index (κ3) is 2.74. The van der Waals surface area contributed by atoms with Crippen molar-refractivity contribution in [3.8, 4) is 0 Å². The molecular formula is C13H13ClN2. The van der Waals surface area contributed by atoms with Crippen molar-refractivity contribution in [1.82, 2.24) is 4.98 Å². The number of hydrogen-bond donors (Lipinski definition) is 1. The fourth-order valence-electron chi connectivity index (χ4n) is 1.62. The summed E-state index contributed by atoms with van der Waals surface area (Å²) in [6, 6.07) is 12.2. The topological polar surface area (TPSA) is 38.9 Å². The Labute approximate surface area is 100 Å². The van der Waals surface area contributed by atoms with Crippen LogP contribution in [0.2, 0.25) is 5.02 Å². The average molecular weight is 233 g/mol. The molecule has 2 aromatic rings. The Morgan fingerprint density at radius 1 is 1.12 bits per heavy atom. The number of aryl methyl sites for hydroxylation is 2. The number of nitrogens with zero attached hydrogens (tertiary/aromatic N) is 1. The average Bonchev–Trinajstić information content (AvgIpc) is 2.32.